The van der Waals surface area contributed by atoms with Crippen molar-refractivity contribution in [2.24, 2.45) is 5.92 Å². The van der Waals surface area contributed by atoms with Gasteiger partial charge in [0.2, 0.25) is 0 Å². The maximum Gasteiger partial charge on any atom is 0.325 e. The summed E-state index contributed by atoms with van der Waals surface area (Å²) in [6, 6.07) is -0.436. The third-order valence-electron chi connectivity index (χ3n) is 2.38. The van der Waals surface area contributed by atoms with Gasteiger partial charge in [-0.1, -0.05) is 13.8 Å². The number of aromatic nitrogens is 2. The molecule has 0 bridgehead atoms. The number of carbonyl (C=O) groups is 1. The molecule has 7 nitrogen and oxygen atoms in total. The van der Waals surface area contributed by atoms with Crippen molar-refractivity contribution >= 4 is 5.91 Å². The van der Waals surface area contributed by atoms with E-state index in [4.69, 9.17) is 5.11 Å². The van der Waals surface area contributed by atoms with E-state index in [-0.39, 0.29) is 18.1 Å². The Kier molecular flexibility index (Phi) is 4.22. The Hall–Kier alpha value is -1.89. The second-order valence-electron chi connectivity index (χ2n) is 3.99. The molecule has 0 saturated carbocycles. The fourth-order valence-electron chi connectivity index (χ4n) is 1.25. The standard InChI is InChI=1S/C10H15N3O4/c1-5(2)7(4-14)12-8(15)6-3-11-10(17)13-9(6)16/h3,5,7,14H,4H2,1-2H3,(H,12,15)(H2,11,13,16,17)/t7-/m1/s1. The SMILES string of the molecule is CC(C)[C@@H](CO)NC(=O)c1c[nH]c(=O)[nH]c1=O. The van der Waals surface area contributed by atoms with Crippen LogP contribution in [0.4, 0.5) is 0 Å². The quantitative estimate of drug-likeness (QED) is 0.530. The van der Waals surface area contributed by atoms with Crippen molar-refractivity contribution in [1.29, 1.82) is 0 Å². The average Bonchev–Trinajstić information content (AvgIpc) is 2.24. The van der Waals surface area contributed by atoms with Gasteiger partial charge in [-0.25, -0.2) is 4.79 Å². The van der Waals surface area contributed by atoms with E-state index in [1.165, 1.54) is 0 Å². The number of rotatable bonds is 4. The highest BCUT2D eigenvalue weighted by Gasteiger charge is 2.18. The van der Waals surface area contributed by atoms with E-state index in [2.05, 4.69) is 10.3 Å². The Morgan fingerprint density at radius 3 is 2.59 bits per heavy atom. The Balaban J connectivity index is 2.90. The third kappa shape index (κ3) is 3.28. The highest BCUT2D eigenvalue weighted by atomic mass is 16.3. The minimum Gasteiger partial charge on any atom is -0.394 e. The van der Waals surface area contributed by atoms with Gasteiger partial charge in [-0.15, -0.1) is 0 Å². The van der Waals surface area contributed by atoms with Crippen LogP contribution in [0.5, 0.6) is 0 Å². The molecule has 1 atom stereocenters. The summed E-state index contributed by atoms with van der Waals surface area (Å²) in [5.74, 6) is -0.596. The number of hydrogen-bond donors (Lipinski definition) is 4. The van der Waals surface area contributed by atoms with E-state index >= 15 is 0 Å². The molecule has 0 aliphatic heterocycles. The van der Waals surface area contributed by atoms with Crippen molar-refractivity contribution < 1.29 is 9.90 Å². The van der Waals surface area contributed by atoms with Crippen LogP contribution in [0.1, 0.15) is 24.2 Å². The first-order valence-electron chi connectivity index (χ1n) is 5.19. The van der Waals surface area contributed by atoms with Crippen molar-refractivity contribution in [3.63, 3.8) is 0 Å². The normalized spacial score (nSPS) is 12.5. The summed E-state index contributed by atoms with van der Waals surface area (Å²) in [5, 5.41) is 11.6. The van der Waals surface area contributed by atoms with Crippen LogP contribution in [0, 0.1) is 5.92 Å². The van der Waals surface area contributed by atoms with E-state index < -0.39 is 23.2 Å². The average molecular weight is 241 g/mol. The zero-order chi connectivity index (χ0) is 13.0. The summed E-state index contributed by atoms with van der Waals surface area (Å²) in [6.45, 7) is 3.45. The molecule has 7 heteroatoms. The van der Waals surface area contributed by atoms with Gasteiger partial charge in [0.1, 0.15) is 5.56 Å². The topological polar surface area (TPSA) is 115 Å². The Morgan fingerprint density at radius 1 is 1.47 bits per heavy atom. The lowest BCUT2D eigenvalue weighted by molar-refractivity contribution is 0.0895. The van der Waals surface area contributed by atoms with Crippen molar-refractivity contribution in [2.75, 3.05) is 6.61 Å². The van der Waals surface area contributed by atoms with Gasteiger partial charge >= 0.3 is 5.69 Å². The molecule has 0 aromatic carbocycles. The van der Waals surface area contributed by atoms with Gasteiger partial charge in [-0.3, -0.25) is 14.6 Å². The van der Waals surface area contributed by atoms with Gasteiger partial charge in [0.25, 0.3) is 11.5 Å². The molecule has 0 aliphatic rings. The zero-order valence-electron chi connectivity index (χ0n) is 9.61. The predicted molar refractivity (Wildman–Crippen MR) is 60.9 cm³/mol. The Labute approximate surface area is 96.9 Å². The number of amides is 1. The molecule has 1 heterocycles. The lowest BCUT2D eigenvalue weighted by atomic mass is 10.1. The summed E-state index contributed by atoms with van der Waals surface area (Å²) in [4.78, 5) is 37.9. The van der Waals surface area contributed by atoms with Gasteiger partial charge in [0.15, 0.2) is 0 Å². The first-order valence-corrected chi connectivity index (χ1v) is 5.19. The summed E-state index contributed by atoms with van der Waals surface area (Å²) in [5.41, 5.74) is -1.62. The van der Waals surface area contributed by atoms with Gasteiger partial charge in [0, 0.05) is 6.20 Å². The maximum atomic E-state index is 11.7. The lowest BCUT2D eigenvalue weighted by Crippen LogP contribution is -2.43. The fraction of sp³-hybridized carbons (Fsp3) is 0.500. The molecule has 17 heavy (non-hydrogen) atoms. The molecule has 0 fully saturated rings. The number of aliphatic hydroxyl groups excluding tert-OH is 1. The zero-order valence-corrected chi connectivity index (χ0v) is 9.61. The highest BCUT2D eigenvalue weighted by Crippen LogP contribution is 2.01. The molecule has 0 saturated heterocycles. The smallest absolute Gasteiger partial charge is 0.325 e. The van der Waals surface area contributed by atoms with Crippen molar-refractivity contribution in [1.82, 2.24) is 15.3 Å². The predicted octanol–water partition coefficient (Wildman–Crippen LogP) is -1.19. The second-order valence-corrected chi connectivity index (χ2v) is 3.99. The van der Waals surface area contributed by atoms with Crippen LogP contribution in [-0.4, -0.2) is 33.6 Å². The molecular weight excluding hydrogens is 226 g/mol. The van der Waals surface area contributed by atoms with Crippen LogP contribution in [0.25, 0.3) is 0 Å². The number of carbonyl (C=O) groups excluding carboxylic acids is 1. The number of H-pyrrole nitrogens is 2. The molecule has 1 aromatic rings. The molecular formula is C10H15N3O4. The largest absolute Gasteiger partial charge is 0.394 e. The van der Waals surface area contributed by atoms with Gasteiger partial charge in [-0.2, -0.15) is 0 Å². The van der Waals surface area contributed by atoms with Crippen LogP contribution in [0.3, 0.4) is 0 Å². The summed E-state index contributed by atoms with van der Waals surface area (Å²) >= 11 is 0. The van der Waals surface area contributed by atoms with Gasteiger partial charge < -0.3 is 15.4 Å². The van der Waals surface area contributed by atoms with Crippen molar-refractivity contribution in [3.8, 4) is 0 Å². The fourth-order valence-corrected chi connectivity index (χ4v) is 1.25. The minimum absolute atomic E-state index is 0.0331. The van der Waals surface area contributed by atoms with Crippen LogP contribution in [0.15, 0.2) is 15.8 Å². The molecule has 94 valence electrons. The third-order valence-corrected chi connectivity index (χ3v) is 2.38. The first kappa shape index (κ1) is 13.2. The molecule has 0 spiro atoms. The Bertz CT molecular complexity index is 503. The van der Waals surface area contributed by atoms with Gasteiger partial charge in [0.05, 0.1) is 12.6 Å². The molecule has 0 aliphatic carbocycles. The lowest BCUT2D eigenvalue weighted by Gasteiger charge is -2.19. The number of hydrogen-bond acceptors (Lipinski definition) is 4. The van der Waals surface area contributed by atoms with Crippen LogP contribution >= 0.6 is 0 Å². The van der Waals surface area contributed by atoms with E-state index in [0.717, 1.165) is 6.20 Å². The monoisotopic (exact) mass is 241 g/mol. The molecule has 0 unspecified atom stereocenters. The molecule has 1 amide bonds. The molecule has 4 N–H and O–H groups in total. The van der Waals surface area contributed by atoms with E-state index in [0.29, 0.717) is 0 Å². The highest BCUT2D eigenvalue weighted by molar-refractivity contribution is 5.93. The molecule has 1 rings (SSSR count). The summed E-state index contributed by atoms with van der Waals surface area (Å²) < 4.78 is 0. The molecule has 1 aromatic heterocycles. The second kappa shape index (κ2) is 5.44. The minimum atomic E-state index is -0.758. The van der Waals surface area contributed by atoms with Crippen molar-refractivity contribution in [3.05, 3.63) is 32.6 Å². The molecule has 0 radical (unpaired) electrons. The van der Waals surface area contributed by atoms with E-state index in [1.807, 2.05) is 18.8 Å². The van der Waals surface area contributed by atoms with Gasteiger partial charge in [-0.05, 0) is 5.92 Å². The van der Waals surface area contributed by atoms with Crippen LogP contribution in [-0.2, 0) is 0 Å². The van der Waals surface area contributed by atoms with Crippen LogP contribution < -0.4 is 16.6 Å². The van der Waals surface area contributed by atoms with Crippen LogP contribution in [0.2, 0.25) is 0 Å². The summed E-state index contributed by atoms with van der Waals surface area (Å²) in [7, 11) is 0. The maximum absolute atomic E-state index is 11.7. The number of aromatic amines is 2. The Morgan fingerprint density at radius 2 is 2.12 bits per heavy atom. The number of aliphatic hydroxyl groups is 1. The van der Waals surface area contributed by atoms with E-state index in [1.54, 1.807) is 0 Å². The summed E-state index contributed by atoms with van der Waals surface area (Å²) in [6.07, 6.45) is 1.05. The number of nitrogens with one attached hydrogen (secondary N) is 3. The van der Waals surface area contributed by atoms with Crippen molar-refractivity contribution in [2.45, 2.75) is 19.9 Å². The first-order chi connectivity index (χ1) is 7.95. The van der Waals surface area contributed by atoms with E-state index in [9.17, 15) is 14.4 Å².